The Balaban J connectivity index is 1.78. The van der Waals surface area contributed by atoms with Gasteiger partial charge in [-0.1, -0.05) is 0 Å². The van der Waals surface area contributed by atoms with Gasteiger partial charge in [0.25, 0.3) is 5.91 Å². The molecule has 9 heteroatoms. The molecule has 5 nitrogen and oxygen atoms in total. The largest absolute Gasteiger partial charge is 0.433 e. The molecule has 3 heterocycles. The molecule has 0 bridgehead atoms. The predicted molar refractivity (Wildman–Crippen MR) is 80.8 cm³/mol. The van der Waals surface area contributed by atoms with Crippen molar-refractivity contribution in [1.82, 2.24) is 15.6 Å². The molecule has 25 heavy (non-hydrogen) atoms. The summed E-state index contributed by atoms with van der Waals surface area (Å²) < 4.78 is 53.5. The molecular weight excluding hydrogens is 340 g/mol. The molecule has 1 spiro atoms. The summed E-state index contributed by atoms with van der Waals surface area (Å²) in [6.45, 7) is 1.24. The maximum Gasteiger partial charge on any atom is 0.433 e. The molecule has 2 N–H and O–H groups in total. The van der Waals surface area contributed by atoms with Crippen molar-refractivity contribution in [3.05, 3.63) is 29.1 Å². The zero-order valence-electron chi connectivity index (χ0n) is 13.2. The van der Waals surface area contributed by atoms with Crippen LogP contribution in [0.1, 0.15) is 42.6 Å². The molecule has 1 amide bonds. The van der Waals surface area contributed by atoms with Crippen LogP contribution in [0.3, 0.4) is 0 Å². The van der Waals surface area contributed by atoms with Crippen LogP contribution in [0.25, 0.3) is 0 Å². The Morgan fingerprint density at radius 2 is 1.76 bits per heavy atom. The van der Waals surface area contributed by atoms with Crippen LogP contribution in [0.5, 0.6) is 0 Å². The van der Waals surface area contributed by atoms with Gasteiger partial charge in [0.2, 0.25) is 0 Å². The maximum absolute atomic E-state index is 14.6. The lowest BCUT2D eigenvalue weighted by atomic mass is 9.89. The molecule has 1 saturated heterocycles. The van der Waals surface area contributed by atoms with Gasteiger partial charge in [0.1, 0.15) is 17.1 Å². The van der Waals surface area contributed by atoms with Crippen LogP contribution >= 0.6 is 0 Å². The smallest absolute Gasteiger partial charge is 0.317 e. The van der Waals surface area contributed by atoms with Crippen molar-refractivity contribution in [1.29, 1.82) is 0 Å². The minimum atomic E-state index is -4.66. The highest BCUT2D eigenvalue weighted by Crippen LogP contribution is 2.50. The Bertz CT molecular complexity index is 764. The Morgan fingerprint density at radius 3 is 2.36 bits per heavy atom. The number of rotatable bonds is 2. The number of carbonyl (C=O) groups is 1. The maximum atomic E-state index is 14.6. The topological polar surface area (TPSA) is 66.4 Å². The minimum absolute atomic E-state index is 0.116. The van der Waals surface area contributed by atoms with Crippen LogP contribution < -0.4 is 10.6 Å². The number of amidine groups is 1. The van der Waals surface area contributed by atoms with Crippen LogP contribution in [0, 0.1) is 0 Å². The first kappa shape index (κ1) is 16.4. The van der Waals surface area contributed by atoms with Gasteiger partial charge in [-0.25, -0.2) is 9.37 Å². The van der Waals surface area contributed by atoms with E-state index in [1.165, 1.54) is 0 Å². The molecule has 1 saturated carbocycles. The van der Waals surface area contributed by atoms with Crippen molar-refractivity contribution in [3.63, 3.8) is 0 Å². The normalized spacial score (nSPS) is 24.2. The van der Waals surface area contributed by atoms with Crippen LogP contribution in [-0.4, -0.2) is 35.4 Å². The van der Waals surface area contributed by atoms with Crippen molar-refractivity contribution >= 4 is 11.7 Å². The van der Waals surface area contributed by atoms with Crippen LogP contribution in [0.15, 0.2) is 17.1 Å². The van der Waals surface area contributed by atoms with Gasteiger partial charge in [-0.05, 0) is 50.9 Å². The second-order valence-electron chi connectivity index (χ2n) is 6.75. The van der Waals surface area contributed by atoms with E-state index >= 15 is 0 Å². The summed E-state index contributed by atoms with van der Waals surface area (Å²) in [4.78, 5) is 20.4. The number of piperidine rings is 1. The monoisotopic (exact) mass is 356 g/mol. The van der Waals surface area contributed by atoms with Gasteiger partial charge in [-0.2, -0.15) is 13.2 Å². The highest BCUT2D eigenvalue weighted by Gasteiger charge is 2.51. The number of aromatic nitrogens is 1. The molecule has 0 unspecified atom stereocenters. The number of nitrogens with one attached hydrogen (secondary N) is 2. The zero-order chi connectivity index (χ0) is 17.9. The third-order valence-electron chi connectivity index (χ3n) is 4.97. The van der Waals surface area contributed by atoms with E-state index in [0.717, 1.165) is 12.1 Å². The lowest BCUT2D eigenvalue weighted by molar-refractivity contribution is -0.141. The van der Waals surface area contributed by atoms with E-state index in [1.807, 2.05) is 0 Å². The number of nitrogens with zero attached hydrogens (tertiary/aromatic N) is 2. The number of carbonyl (C=O) groups excluding carboxylic acids is 1. The quantitative estimate of drug-likeness (QED) is 0.797. The van der Waals surface area contributed by atoms with Gasteiger partial charge < -0.3 is 10.6 Å². The molecule has 0 aromatic carbocycles. The summed E-state index contributed by atoms with van der Waals surface area (Å²) in [5, 5.41) is 5.76. The summed E-state index contributed by atoms with van der Waals surface area (Å²) in [5.41, 5.74) is -4.10. The van der Waals surface area contributed by atoms with E-state index in [-0.39, 0.29) is 35.8 Å². The fourth-order valence-corrected chi connectivity index (χ4v) is 3.32. The Morgan fingerprint density at radius 1 is 1.08 bits per heavy atom. The van der Waals surface area contributed by atoms with E-state index in [4.69, 9.17) is 0 Å². The number of pyridine rings is 1. The summed E-state index contributed by atoms with van der Waals surface area (Å²) >= 11 is 0. The molecule has 1 aliphatic carbocycles. The van der Waals surface area contributed by atoms with Crippen molar-refractivity contribution in [3.8, 4) is 0 Å². The minimum Gasteiger partial charge on any atom is -0.317 e. The molecular formula is C16H16F4N4O. The lowest BCUT2D eigenvalue weighted by Crippen LogP contribution is -2.47. The van der Waals surface area contributed by atoms with Crippen LogP contribution in [-0.2, 0) is 16.6 Å². The average Bonchev–Trinajstić information content (AvgIpc) is 3.25. The SMILES string of the molecule is O=C1NC(c2ccc(C(F)(F)F)nc2C2(F)CC2)=NC12CCNCC2. The summed E-state index contributed by atoms with van der Waals surface area (Å²) in [7, 11) is 0. The van der Waals surface area contributed by atoms with Crippen molar-refractivity contribution in [2.24, 2.45) is 4.99 Å². The first-order valence-corrected chi connectivity index (χ1v) is 8.14. The molecule has 0 radical (unpaired) electrons. The summed E-state index contributed by atoms with van der Waals surface area (Å²) in [6.07, 6.45) is -3.44. The van der Waals surface area contributed by atoms with Gasteiger partial charge in [-0.15, -0.1) is 0 Å². The van der Waals surface area contributed by atoms with Crippen molar-refractivity contribution in [2.75, 3.05) is 13.1 Å². The second-order valence-corrected chi connectivity index (χ2v) is 6.75. The molecule has 1 aromatic rings. The number of halogens is 4. The number of alkyl halides is 4. The number of amides is 1. The van der Waals surface area contributed by atoms with E-state index in [2.05, 4.69) is 20.6 Å². The second kappa shape index (κ2) is 5.23. The van der Waals surface area contributed by atoms with Crippen LogP contribution in [0.2, 0.25) is 0 Å². The third kappa shape index (κ3) is 2.70. The molecule has 2 fully saturated rings. The van der Waals surface area contributed by atoms with Gasteiger partial charge in [0, 0.05) is 5.56 Å². The number of hydrogen-bond acceptors (Lipinski definition) is 4. The van der Waals surface area contributed by atoms with E-state index in [0.29, 0.717) is 25.9 Å². The van der Waals surface area contributed by atoms with Crippen molar-refractivity contribution in [2.45, 2.75) is 43.1 Å². The van der Waals surface area contributed by atoms with Crippen LogP contribution in [0.4, 0.5) is 17.6 Å². The predicted octanol–water partition coefficient (Wildman–Crippen LogP) is 2.06. The van der Waals surface area contributed by atoms with Gasteiger partial charge in [0.05, 0.1) is 5.69 Å². The fraction of sp³-hybridized carbons (Fsp3) is 0.562. The van der Waals surface area contributed by atoms with Gasteiger partial charge >= 0.3 is 6.18 Å². The van der Waals surface area contributed by atoms with E-state index in [9.17, 15) is 22.4 Å². The summed E-state index contributed by atoms with van der Waals surface area (Å²) in [5.74, 6) is -0.175. The lowest BCUT2D eigenvalue weighted by Gasteiger charge is -2.28. The van der Waals surface area contributed by atoms with Crippen molar-refractivity contribution < 1.29 is 22.4 Å². The van der Waals surface area contributed by atoms with E-state index < -0.39 is 23.1 Å². The number of aliphatic imine (C=N–C) groups is 1. The summed E-state index contributed by atoms with van der Waals surface area (Å²) in [6, 6.07) is 1.96. The van der Waals surface area contributed by atoms with Gasteiger partial charge in [-0.3, -0.25) is 9.79 Å². The van der Waals surface area contributed by atoms with Gasteiger partial charge in [0.15, 0.2) is 5.67 Å². The Hall–Kier alpha value is -2.03. The Labute approximate surface area is 140 Å². The Kier molecular flexibility index (Phi) is 3.44. The molecule has 3 aliphatic rings. The zero-order valence-corrected chi connectivity index (χ0v) is 13.2. The average molecular weight is 356 g/mol. The first-order valence-electron chi connectivity index (χ1n) is 8.14. The third-order valence-corrected chi connectivity index (χ3v) is 4.97. The molecule has 4 rings (SSSR count). The van der Waals surface area contributed by atoms with E-state index in [1.54, 1.807) is 0 Å². The molecule has 2 aliphatic heterocycles. The highest BCUT2D eigenvalue weighted by atomic mass is 19.4. The molecule has 134 valence electrons. The fourth-order valence-electron chi connectivity index (χ4n) is 3.32. The first-order chi connectivity index (χ1) is 11.7. The molecule has 1 aromatic heterocycles. The molecule has 0 atom stereocenters. The highest BCUT2D eigenvalue weighted by molar-refractivity contribution is 6.16. The number of hydrogen-bond donors (Lipinski definition) is 2. The standard InChI is InChI=1S/C16H16F4N4O/c17-14(3-4-14)11-9(1-2-10(22-11)16(18,19)20)12-23-13(25)15(24-12)5-7-21-8-6-15/h1-2,21H,3-8H2,(H,23,24,25).